The first-order valence-corrected chi connectivity index (χ1v) is 16.5. The monoisotopic (exact) mass is 519 g/mol. The van der Waals surface area contributed by atoms with Crippen molar-refractivity contribution < 1.29 is 4.79 Å². The van der Waals surface area contributed by atoms with Crippen LogP contribution in [0.2, 0.25) is 0 Å². The quantitative estimate of drug-likeness (QED) is 0.323. The fourth-order valence-corrected chi connectivity index (χ4v) is 11.4. The van der Waals surface area contributed by atoms with Crippen LogP contribution in [0.15, 0.2) is 36.2 Å². The fourth-order valence-electron chi connectivity index (χ4n) is 11.4. The average molecular weight is 520 g/mol. The average Bonchev–Trinajstić information content (AvgIpc) is 3.04. The highest BCUT2D eigenvalue weighted by Gasteiger charge is 2.67. The second-order valence-corrected chi connectivity index (χ2v) is 15.3. The molecule has 2 nitrogen and oxygen atoms in total. The van der Waals surface area contributed by atoms with Crippen LogP contribution in [0.4, 0.5) is 0 Å². The van der Waals surface area contributed by atoms with Crippen LogP contribution >= 0.6 is 0 Å². The van der Waals surface area contributed by atoms with Gasteiger partial charge in [0.2, 0.25) is 0 Å². The van der Waals surface area contributed by atoms with Gasteiger partial charge in [-0.05, 0) is 116 Å². The summed E-state index contributed by atoms with van der Waals surface area (Å²) in [6, 6.07) is 0. The molecule has 5 rings (SSSR count). The number of hydrogen-bond donors (Lipinski definition) is 1. The van der Waals surface area contributed by atoms with Gasteiger partial charge in [0.1, 0.15) is 6.29 Å². The Balaban J connectivity index is 1.47. The molecule has 0 aromatic rings. The van der Waals surface area contributed by atoms with Crippen molar-refractivity contribution in [1.82, 2.24) is 5.32 Å². The molecule has 0 spiro atoms. The predicted octanol–water partition coefficient (Wildman–Crippen LogP) is 9.49. The summed E-state index contributed by atoms with van der Waals surface area (Å²) in [5.41, 5.74) is 2.25. The normalized spacial score (nSPS) is 44.9. The van der Waals surface area contributed by atoms with Crippen molar-refractivity contribution in [3.8, 4) is 0 Å². The van der Waals surface area contributed by atoms with Gasteiger partial charge in [-0.25, -0.2) is 0 Å². The minimum atomic E-state index is 0.0770. The maximum Gasteiger partial charge on any atom is 0.123 e. The molecule has 4 aliphatic carbocycles. The molecule has 212 valence electrons. The van der Waals surface area contributed by atoms with Crippen LogP contribution in [0.3, 0.4) is 0 Å². The zero-order chi connectivity index (χ0) is 27.1. The summed E-state index contributed by atoms with van der Waals surface area (Å²) in [6.45, 7) is 15.2. The number of hydrogen-bond acceptors (Lipinski definition) is 2. The van der Waals surface area contributed by atoms with Crippen molar-refractivity contribution in [2.45, 2.75) is 119 Å². The second kappa shape index (κ2) is 10.9. The second-order valence-electron chi connectivity index (χ2n) is 15.3. The molecule has 0 amide bonds. The smallest absolute Gasteiger partial charge is 0.123 e. The van der Waals surface area contributed by atoms with Gasteiger partial charge in [0.25, 0.3) is 0 Å². The molecule has 0 saturated heterocycles. The van der Waals surface area contributed by atoms with Gasteiger partial charge < -0.3 is 10.1 Å². The summed E-state index contributed by atoms with van der Waals surface area (Å²) in [6.07, 6.45) is 28.1. The lowest BCUT2D eigenvalue weighted by molar-refractivity contribution is -0.181. The summed E-state index contributed by atoms with van der Waals surface area (Å²) < 4.78 is 0. The van der Waals surface area contributed by atoms with E-state index < -0.39 is 0 Å². The molecule has 5 aliphatic rings. The summed E-state index contributed by atoms with van der Waals surface area (Å²) in [5.74, 6) is 6.08. The molecular formula is C36H57NO. The largest absolute Gasteiger partial charge is 0.365 e. The maximum atomic E-state index is 12.2. The summed E-state index contributed by atoms with van der Waals surface area (Å²) in [4.78, 5) is 12.2. The van der Waals surface area contributed by atoms with E-state index in [1.807, 2.05) is 0 Å². The van der Waals surface area contributed by atoms with Gasteiger partial charge in [-0.3, -0.25) is 0 Å². The Bertz CT molecular complexity index is 945. The van der Waals surface area contributed by atoms with E-state index in [0.29, 0.717) is 5.41 Å². The van der Waals surface area contributed by atoms with Crippen molar-refractivity contribution in [2.24, 2.45) is 63.6 Å². The Morgan fingerprint density at radius 3 is 2.53 bits per heavy atom. The molecule has 1 heterocycles. The highest BCUT2D eigenvalue weighted by atomic mass is 16.1. The molecular weight excluding hydrogens is 462 g/mol. The number of rotatable bonds is 8. The number of nitrogens with one attached hydrogen (secondary N) is 1. The van der Waals surface area contributed by atoms with Crippen molar-refractivity contribution >= 4 is 6.29 Å². The van der Waals surface area contributed by atoms with E-state index in [4.69, 9.17) is 0 Å². The summed E-state index contributed by atoms with van der Waals surface area (Å²) in [7, 11) is 0. The van der Waals surface area contributed by atoms with E-state index in [9.17, 15) is 4.79 Å². The Labute approximate surface area is 234 Å². The van der Waals surface area contributed by atoms with Crippen LogP contribution in [-0.2, 0) is 4.79 Å². The summed E-state index contributed by atoms with van der Waals surface area (Å²) in [5, 5.41) is 3.76. The highest BCUT2D eigenvalue weighted by molar-refractivity contribution is 5.54. The van der Waals surface area contributed by atoms with E-state index in [1.54, 1.807) is 0 Å². The molecule has 1 aliphatic heterocycles. The van der Waals surface area contributed by atoms with E-state index in [0.717, 1.165) is 54.3 Å². The predicted molar refractivity (Wildman–Crippen MR) is 160 cm³/mol. The lowest BCUT2D eigenvalue weighted by Crippen LogP contribution is -2.62. The molecule has 0 bridgehead atoms. The first kappa shape index (κ1) is 28.2. The molecule has 10 atom stereocenters. The Morgan fingerprint density at radius 2 is 1.79 bits per heavy atom. The third-order valence-corrected chi connectivity index (χ3v) is 13.3. The van der Waals surface area contributed by atoms with Crippen LogP contribution in [-0.4, -0.2) is 6.29 Å². The molecule has 0 aromatic carbocycles. The Hall–Kier alpha value is -1.31. The lowest BCUT2D eigenvalue weighted by Gasteiger charge is -2.68. The molecule has 4 fully saturated rings. The SMILES string of the molecule is CC[C@H]1C[C@@]2(C3=CC=CC=CN3)CC(C=O)CC[C@]2(C)[C@H]2CC[C@]3(C)[C@@H]([C@H](C)CCCC(C)C)CC[C@H]3[C@H]12. The summed E-state index contributed by atoms with van der Waals surface area (Å²) >= 11 is 0. The maximum absolute atomic E-state index is 12.2. The van der Waals surface area contributed by atoms with Gasteiger partial charge >= 0.3 is 0 Å². The van der Waals surface area contributed by atoms with Crippen LogP contribution < -0.4 is 5.32 Å². The van der Waals surface area contributed by atoms with Gasteiger partial charge in [-0.15, -0.1) is 0 Å². The first-order valence-electron chi connectivity index (χ1n) is 16.5. The van der Waals surface area contributed by atoms with Gasteiger partial charge in [0.05, 0.1) is 0 Å². The number of allylic oxidation sites excluding steroid dienone is 5. The number of carbonyl (C=O) groups is 1. The van der Waals surface area contributed by atoms with Gasteiger partial charge in [0.15, 0.2) is 0 Å². The third-order valence-electron chi connectivity index (χ3n) is 13.3. The van der Waals surface area contributed by atoms with Crippen molar-refractivity contribution in [1.29, 1.82) is 0 Å². The standard InChI is InChI=1S/C36H57NO/c1-7-28-23-36(32-14-9-8-10-21-37-32)22-27(24-38)17-20-35(36,6)31-18-19-34(5)29(15-16-30(34)33(28)31)26(4)13-11-12-25(2)3/h8-10,14,21,24-31,33,37H,7,11-13,15-20,22-23H2,1-6H3/t26-,27?,28+,29-,30+,31+,33+,34-,35-,36-/m1/s1. The number of carbonyl (C=O) groups excluding carboxylic acids is 1. The Kier molecular flexibility index (Phi) is 8.12. The Morgan fingerprint density at radius 1 is 0.974 bits per heavy atom. The van der Waals surface area contributed by atoms with Crippen molar-refractivity contribution in [3.05, 3.63) is 36.2 Å². The molecule has 0 aromatic heterocycles. The van der Waals surface area contributed by atoms with E-state index >= 15 is 0 Å². The zero-order valence-electron chi connectivity index (χ0n) is 25.5. The molecule has 0 radical (unpaired) electrons. The van der Waals surface area contributed by atoms with Gasteiger partial charge in [-0.1, -0.05) is 79.4 Å². The van der Waals surface area contributed by atoms with Crippen molar-refractivity contribution in [3.63, 3.8) is 0 Å². The minimum absolute atomic E-state index is 0.0770. The van der Waals surface area contributed by atoms with E-state index in [-0.39, 0.29) is 16.7 Å². The zero-order valence-corrected chi connectivity index (χ0v) is 25.5. The van der Waals surface area contributed by atoms with Crippen LogP contribution in [0.25, 0.3) is 0 Å². The number of aldehydes is 1. The van der Waals surface area contributed by atoms with E-state index in [2.05, 4.69) is 77.4 Å². The first-order chi connectivity index (χ1) is 18.2. The fraction of sp³-hybridized carbons (Fsp3) is 0.806. The highest BCUT2D eigenvalue weighted by Crippen LogP contribution is 2.74. The molecule has 38 heavy (non-hydrogen) atoms. The lowest BCUT2D eigenvalue weighted by atomic mass is 9.36. The topological polar surface area (TPSA) is 29.1 Å². The van der Waals surface area contributed by atoms with E-state index in [1.165, 1.54) is 76.2 Å². The van der Waals surface area contributed by atoms with Crippen LogP contribution in [0, 0.1) is 63.6 Å². The van der Waals surface area contributed by atoms with Gasteiger partial charge in [-0.2, -0.15) is 0 Å². The molecule has 1 unspecified atom stereocenters. The minimum Gasteiger partial charge on any atom is -0.365 e. The number of fused-ring (bicyclic) bond motifs is 5. The molecule has 1 N–H and O–H groups in total. The van der Waals surface area contributed by atoms with Crippen LogP contribution in [0.1, 0.15) is 119 Å². The van der Waals surface area contributed by atoms with Crippen molar-refractivity contribution in [2.75, 3.05) is 0 Å². The van der Waals surface area contributed by atoms with Gasteiger partial charge in [0, 0.05) is 23.2 Å². The molecule has 2 heteroatoms. The van der Waals surface area contributed by atoms with Crippen LogP contribution in [0.5, 0.6) is 0 Å². The molecule has 4 saturated carbocycles. The third kappa shape index (κ3) is 4.49.